The average molecular weight is 358 g/mol. The van der Waals surface area contributed by atoms with Crippen LogP contribution in [0.2, 0.25) is 10.0 Å². The highest BCUT2D eigenvalue weighted by Crippen LogP contribution is 2.52. The Morgan fingerprint density at radius 3 is 2.67 bits per heavy atom. The van der Waals surface area contributed by atoms with Gasteiger partial charge in [-0.2, -0.15) is 0 Å². The van der Waals surface area contributed by atoms with E-state index in [1.807, 2.05) is 12.1 Å². The summed E-state index contributed by atoms with van der Waals surface area (Å²) in [4.78, 5) is 0. The zero-order valence-electron chi connectivity index (χ0n) is 13.9. The third kappa shape index (κ3) is 2.55. The van der Waals surface area contributed by atoms with E-state index in [9.17, 15) is 0 Å². The third-order valence-corrected chi connectivity index (χ3v) is 5.91. The Bertz CT molecular complexity index is 809. The molecular weight excluding hydrogens is 337 g/mol. The van der Waals surface area contributed by atoms with Crippen molar-refractivity contribution in [3.63, 3.8) is 0 Å². The van der Waals surface area contributed by atoms with Gasteiger partial charge in [-0.25, -0.2) is 0 Å². The number of fused-ring (bicyclic) bond motifs is 3. The maximum absolute atomic E-state index is 6.54. The minimum absolute atomic E-state index is 0.210. The van der Waals surface area contributed by atoms with Gasteiger partial charge in [0.2, 0.25) is 0 Å². The number of allylic oxidation sites excluding steroid dienone is 2. The predicted molar refractivity (Wildman–Crippen MR) is 103 cm³/mol. The van der Waals surface area contributed by atoms with Crippen LogP contribution in [-0.4, -0.2) is 0 Å². The third-order valence-electron chi connectivity index (χ3n) is 5.35. The van der Waals surface area contributed by atoms with Crippen LogP contribution in [0.3, 0.4) is 0 Å². The van der Waals surface area contributed by atoms with Crippen LogP contribution in [0.25, 0.3) is 0 Å². The van der Waals surface area contributed by atoms with Crippen molar-refractivity contribution >= 4 is 28.9 Å². The first-order chi connectivity index (χ1) is 11.6. The molecule has 0 aromatic heterocycles. The number of benzene rings is 2. The predicted octanol–water partition coefficient (Wildman–Crippen LogP) is 6.94. The Morgan fingerprint density at radius 2 is 1.92 bits per heavy atom. The lowest BCUT2D eigenvalue weighted by Crippen LogP contribution is -2.30. The second-order valence-corrected chi connectivity index (χ2v) is 7.95. The molecule has 1 aliphatic carbocycles. The van der Waals surface area contributed by atoms with Gasteiger partial charge in [0.15, 0.2) is 0 Å². The van der Waals surface area contributed by atoms with E-state index in [1.54, 1.807) is 0 Å². The molecule has 1 heterocycles. The highest BCUT2D eigenvalue weighted by molar-refractivity contribution is 6.35. The molecule has 0 amide bonds. The van der Waals surface area contributed by atoms with Crippen LogP contribution in [0.15, 0.2) is 48.6 Å². The maximum atomic E-state index is 6.54. The summed E-state index contributed by atoms with van der Waals surface area (Å²) in [5, 5.41) is 5.26. The summed E-state index contributed by atoms with van der Waals surface area (Å²) in [5.41, 5.74) is 5.22. The van der Waals surface area contributed by atoms with E-state index >= 15 is 0 Å². The summed E-state index contributed by atoms with van der Waals surface area (Å²) in [6.45, 7) is 4.50. The van der Waals surface area contributed by atoms with Crippen LogP contribution in [0.5, 0.6) is 0 Å². The van der Waals surface area contributed by atoms with Gasteiger partial charge in [0.25, 0.3) is 0 Å². The first-order valence-electron chi connectivity index (χ1n) is 8.57. The summed E-state index contributed by atoms with van der Waals surface area (Å²) >= 11 is 12.6. The van der Waals surface area contributed by atoms with Gasteiger partial charge in [-0.05, 0) is 47.1 Å². The Morgan fingerprint density at radius 1 is 1.08 bits per heavy atom. The number of anilines is 1. The largest absolute Gasteiger partial charge is 0.377 e. The van der Waals surface area contributed by atoms with Crippen LogP contribution in [0, 0.1) is 5.92 Å². The average Bonchev–Trinajstić information content (AvgIpc) is 3.03. The zero-order valence-corrected chi connectivity index (χ0v) is 15.4. The quantitative estimate of drug-likeness (QED) is 0.573. The van der Waals surface area contributed by atoms with E-state index in [4.69, 9.17) is 23.2 Å². The molecule has 4 rings (SSSR count). The van der Waals surface area contributed by atoms with E-state index in [-0.39, 0.29) is 6.04 Å². The minimum atomic E-state index is 0.210. The molecule has 0 saturated heterocycles. The van der Waals surface area contributed by atoms with Gasteiger partial charge in [-0.15, -0.1) is 0 Å². The smallest absolute Gasteiger partial charge is 0.0568 e. The summed E-state index contributed by atoms with van der Waals surface area (Å²) in [7, 11) is 0. The molecule has 0 unspecified atom stereocenters. The molecule has 0 spiro atoms. The summed E-state index contributed by atoms with van der Waals surface area (Å²) in [6, 6.07) is 12.8. The number of rotatable bonds is 2. The first kappa shape index (κ1) is 16.1. The topological polar surface area (TPSA) is 12.0 Å². The van der Waals surface area contributed by atoms with Gasteiger partial charge in [-0.3, -0.25) is 0 Å². The molecule has 2 aromatic carbocycles. The number of halogens is 2. The molecule has 1 aliphatic heterocycles. The Kier molecular flexibility index (Phi) is 4.10. The summed E-state index contributed by atoms with van der Waals surface area (Å²) < 4.78 is 0. The van der Waals surface area contributed by atoms with Crippen molar-refractivity contribution in [1.29, 1.82) is 0 Å². The molecule has 124 valence electrons. The summed E-state index contributed by atoms with van der Waals surface area (Å²) in [5.74, 6) is 1.44. The molecule has 2 aliphatic rings. The van der Waals surface area contributed by atoms with E-state index in [0.717, 1.165) is 17.0 Å². The van der Waals surface area contributed by atoms with Crippen molar-refractivity contribution in [3.05, 3.63) is 75.3 Å². The van der Waals surface area contributed by atoms with Gasteiger partial charge >= 0.3 is 0 Å². The first-order valence-corrected chi connectivity index (χ1v) is 9.33. The fourth-order valence-electron chi connectivity index (χ4n) is 4.19. The molecule has 24 heavy (non-hydrogen) atoms. The van der Waals surface area contributed by atoms with Crippen molar-refractivity contribution in [1.82, 2.24) is 0 Å². The number of para-hydroxylation sites is 1. The normalized spacial score (nSPS) is 24.6. The standard InChI is InChI=1S/C21H21Cl2N/c1-12(2)14-5-3-7-16-15-6-4-8-17(15)21(24-20(14)16)18-10-9-13(22)11-19(18)23/h3-7,9-12,15,17,21,24H,8H2,1-2H3/t15-,17+,21+/m1/s1. The lowest BCUT2D eigenvalue weighted by molar-refractivity contribution is 0.424. The SMILES string of the molecule is CC(C)c1cccc2c1N[C@H](c1ccc(Cl)cc1Cl)[C@H]1CC=C[C@H]21. The second kappa shape index (κ2) is 6.13. The van der Waals surface area contributed by atoms with Crippen LogP contribution < -0.4 is 5.32 Å². The molecule has 0 bridgehead atoms. The van der Waals surface area contributed by atoms with Crippen molar-refractivity contribution in [2.24, 2.45) is 5.92 Å². The Balaban J connectivity index is 1.84. The van der Waals surface area contributed by atoms with E-state index in [2.05, 4.69) is 55.6 Å². The van der Waals surface area contributed by atoms with Crippen molar-refractivity contribution in [2.75, 3.05) is 5.32 Å². The molecule has 0 fully saturated rings. The molecule has 1 nitrogen and oxygen atoms in total. The van der Waals surface area contributed by atoms with Crippen molar-refractivity contribution < 1.29 is 0 Å². The van der Waals surface area contributed by atoms with E-state index < -0.39 is 0 Å². The second-order valence-electron chi connectivity index (χ2n) is 7.11. The number of hydrogen-bond donors (Lipinski definition) is 1. The molecule has 2 aromatic rings. The van der Waals surface area contributed by atoms with Crippen LogP contribution in [0.1, 0.15) is 54.8 Å². The lowest BCUT2D eigenvalue weighted by atomic mass is 9.75. The maximum Gasteiger partial charge on any atom is 0.0568 e. The monoisotopic (exact) mass is 357 g/mol. The molecular formula is C21H21Cl2N. The molecule has 3 heteroatoms. The number of hydrogen-bond acceptors (Lipinski definition) is 1. The van der Waals surface area contributed by atoms with Gasteiger partial charge < -0.3 is 5.32 Å². The highest BCUT2D eigenvalue weighted by atomic mass is 35.5. The summed E-state index contributed by atoms with van der Waals surface area (Å²) in [6.07, 6.45) is 5.75. The van der Waals surface area contributed by atoms with Crippen LogP contribution >= 0.6 is 23.2 Å². The van der Waals surface area contributed by atoms with Crippen LogP contribution in [-0.2, 0) is 0 Å². The molecule has 3 atom stereocenters. The van der Waals surface area contributed by atoms with Crippen molar-refractivity contribution in [3.8, 4) is 0 Å². The highest BCUT2D eigenvalue weighted by Gasteiger charge is 2.39. The Labute approximate surface area is 153 Å². The number of nitrogens with one attached hydrogen (secondary N) is 1. The lowest BCUT2D eigenvalue weighted by Gasteiger charge is -2.39. The van der Waals surface area contributed by atoms with Crippen LogP contribution in [0.4, 0.5) is 5.69 Å². The van der Waals surface area contributed by atoms with Gasteiger partial charge in [0.1, 0.15) is 0 Å². The van der Waals surface area contributed by atoms with E-state index in [0.29, 0.717) is 22.8 Å². The van der Waals surface area contributed by atoms with Gasteiger partial charge in [0.05, 0.1) is 6.04 Å². The van der Waals surface area contributed by atoms with Gasteiger partial charge in [0, 0.05) is 21.7 Å². The minimum Gasteiger partial charge on any atom is -0.377 e. The zero-order chi connectivity index (χ0) is 16.8. The molecule has 0 saturated carbocycles. The fourth-order valence-corrected chi connectivity index (χ4v) is 4.71. The van der Waals surface area contributed by atoms with Gasteiger partial charge in [-0.1, -0.05) is 73.5 Å². The fraction of sp³-hybridized carbons (Fsp3) is 0.333. The Hall–Kier alpha value is -1.44. The van der Waals surface area contributed by atoms with E-state index in [1.165, 1.54) is 16.8 Å². The molecule has 0 radical (unpaired) electrons. The van der Waals surface area contributed by atoms with Crippen molar-refractivity contribution in [2.45, 2.75) is 38.1 Å². The molecule has 1 N–H and O–H groups in total.